The molecular formula is C19H24N4O. The molecule has 1 amide bonds. The Hall–Kier alpha value is -2.43. The molecule has 1 fully saturated rings. The van der Waals surface area contributed by atoms with Crippen molar-refractivity contribution in [1.82, 2.24) is 15.1 Å². The van der Waals surface area contributed by atoms with Crippen LogP contribution in [0.15, 0.2) is 36.4 Å². The molecule has 5 nitrogen and oxygen atoms in total. The number of carbonyl (C=O) groups excluding carboxylic acids is 1. The zero-order valence-corrected chi connectivity index (χ0v) is 14.3. The smallest absolute Gasteiger partial charge is 0.274 e. The number of carbonyl (C=O) groups is 1. The van der Waals surface area contributed by atoms with Crippen molar-refractivity contribution in [2.75, 3.05) is 18.4 Å². The first-order chi connectivity index (χ1) is 11.6. The van der Waals surface area contributed by atoms with Gasteiger partial charge in [0.15, 0.2) is 5.69 Å². The van der Waals surface area contributed by atoms with Crippen molar-refractivity contribution in [3.63, 3.8) is 0 Å². The summed E-state index contributed by atoms with van der Waals surface area (Å²) in [4.78, 5) is 14.4. The molecule has 0 spiro atoms. The van der Waals surface area contributed by atoms with Crippen LogP contribution in [0.4, 0.5) is 5.82 Å². The van der Waals surface area contributed by atoms with Gasteiger partial charge in [0.25, 0.3) is 5.91 Å². The van der Waals surface area contributed by atoms with E-state index in [1.807, 2.05) is 23.1 Å². The number of amides is 1. The normalized spacial score (nSPS) is 17.6. The molecule has 0 bridgehead atoms. The van der Waals surface area contributed by atoms with Crippen molar-refractivity contribution in [1.29, 1.82) is 0 Å². The van der Waals surface area contributed by atoms with E-state index in [0.29, 0.717) is 24.0 Å². The van der Waals surface area contributed by atoms with Crippen LogP contribution in [0.3, 0.4) is 0 Å². The molecule has 2 heterocycles. The molecule has 1 aliphatic rings. The third-order valence-corrected chi connectivity index (χ3v) is 4.55. The molecule has 1 aromatic carbocycles. The number of benzene rings is 1. The van der Waals surface area contributed by atoms with E-state index in [-0.39, 0.29) is 5.91 Å². The van der Waals surface area contributed by atoms with Gasteiger partial charge in [0.05, 0.1) is 0 Å². The summed E-state index contributed by atoms with van der Waals surface area (Å²) in [6.07, 6.45) is 2.26. The number of hydrogen-bond donors (Lipinski definition) is 1. The predicted octanol–water partition coefficient (Wildman–Crippen LogP) is 3.27. The maximum Gasteiger partial charge on any atom is 0.274 e. The number of likely N-dealkylation sites (tertiary alicyclic amines) is 1. The lowest BCUT2D eigenvalue weighted by Crippen LogP contribution is -2.39. The number of rotatable bonds is 4. The Morgan fingerprint density at radius 3 is 2.79 bits per heavy atom. The van der Waals surface area contributed by atoms with Crippen molar-refractivity contribution in [3.8, 4) is 0 Å². The molecule has 1 unspecified atom stereocenters. The largest absolute Gasteiger partial charge is 0.364 e. The van der Waals surface area contributed by atoms with Gasteiger partial charge in [-0.1, -0.05) is 31.2 Å². The molecule has 0 radical (unpaired) electrons. The van der Waals surface area contributed by atoms with E-state index in [2.05, 4.69) is 41.5 Å². The van der Waals surface area contributed by atoms with E-state index in [9.17, 15) is 4.79 Å². The first kappa shape index (κ1) is 16.4. The third kappa shape index (κ3) is 3.91. The highest BCUT2D eigenvalue weighted by Crippen LogP contribution is 2.17. The first-order valence-electron chi connectivity index (χ1n) is 8.55. The minimum atomic E-state index is -0.0143. The van der Waals surface area contributed by atoms with Crippen molar-refractivity contribution >= 4 is 11.7 Å². The molecule has 5 heteroatoms. The zero-order valence-electron chi connectivity index (χ0n) is 14.3. The molecule has 0 saturated carbocycles. The fraction of sp³-hybridized carbons (Fsp3) is 0.421. The summed E-state index contributed by atoms with van der Waals surface area (Å²) in [6.45, 7) is 6.60. The Balaban J connectivity index is 1.61. The van der Waals surface area contributed by atoms with Gasteiger partial charge in [0.2, 0.25) is 0 Å². The summed E-state index contributed by atoms with van der Waals surface area (Å²) >= 11 is 0. The number of nitrogens with one attached hydrogen (secondary N) is 1. The fourth-order valence-corrected chi connectivity index (χ4v) is 3.07. The Labute approximate surface area is 143 Å². The van der Waals surface area contributed by atoms with Gasteiger partial charge in [0, 0.05) is 19.6 Å². The summed E-state index contributed by atoms with van der Waals surface area (Å²) < 4.78 is 0. The second kappa shape index (κ2) is 7.43. The summed E-state index contributed by atoms with van der Waals surface area (Å²) in [6, 6.07) is 11.8. The highest BCUT2D eigenvalue weighted by Gasteiger charge is 2.23. The van der Waals surface area contributed by atoms with E-state index in [1.165, 1.54) is 17.5 Å². The molecule has 0 aliphatic carbocycles. The number of nitrogens with zero attached hydrogens (tertiary/aromatic N) is 3. The number of aromatic nitrogens is 2. The van der Waals surface area contributed by atoms with Gasteiger partial charge in [-0.3, -0.25) is 4.79 Å². The van der Waals surface area contributed by atoms with Crippen LogP contribution in [0.2, 0.25) is 0 Å². The van der Waals surface area contributed by atoms with Crippen LogP contribution in [0.1, 0.15) is 41.4 Å². The van der Waals surface area contributed by atoms with Crippen LogP contribution in [-0.2, 0) is 6.54 Å². The van der Waals surface area contributed by atoms with Crippen molar-refractivity contribution in [3.05, 3.63) is 53.2 Å². The minimum absolute atomic E-state index is 0.0143. The topological polar surface area (TPSA) is 58.1 Å². The van der Waals surface area contributed by atoms with Crippen LogP contribution >= 0.6 is 0 Å². The molecule has 1 aromatic heterocycles. The quantitative estimate of drug-likeness (QED) is 0.938. The maximum atomic E-state index is 12.5. The number of piperidine rings is 1. The lowest BCUT2D eigenvalue weighted by atomic mass is 10.00. The van der Waals surface area contributed by atoms with Crippen LogP contribution in [0.25, 0.3) is 0 Å². The summed E-state index contributed by atoms with van der Waals surface area (Å²) in [5, 5.41) is 11.5. The average Bonchev–Trinajstić information content (AvgIpc) is 2.61. The lowest BCUT2D eigenvalue weighted by molar-refractivity contribution is 0.0676. The summed E-state index contributed by atoms with van der Waals surface area (Å²) in [5.41, 5.74) is 2.89. The Morgan fingerprint density at radius 2 is 2.08 bits per heavy atom. The predicted molar refractivity (Wildman–Crippen MR) is 94.8 cm³/mol. The van der Waals surface area contributed by atoms with Gasteiger partial charge in [-0.05, 0) is 48.9 Å². The van der Waals surface area contributed by atoms with E-state index in [1.54, 1.807) is 6.07 Å². The fourth-order valence-electron chi connectivity index (χ4n) is 3.07. The minimum Gasteiger partial charge on any atom is -0.364 e. The first-order valence-corrected chi connectivity index (χ1v) is 8.55. The number of anilines is 1. The number of aryl methyl sites for hydroxylation is 1. The van der Waals surface area contributed by atoms with Gasteiger partial charge >= 0.3 is 0 Å². The van der Waals surface area contributed by atoms with Crippen LogP contribution in [-0.4, -0.2) is 34.1 Å². The molecule has 3 rings (SSSR count). The van der Waals surface area contributed by atoms with Crippen LogP contribution in [0, 0.1) is 12.8 Å². The Bertz CT molecular complexity index is 699. The Kier molecular flexibility index (Phi) is 5.08. The molecule has 1 saturated heterocycles. The third-order valence-electron chi connectivity index (χ3n) is 4.55. The summed E-state index contributed by atoms with van der Waals surface area (Å²) in [5.74, 6) is 1.23. The van der Waals surface area contributed by atoms with Gasteiger partial charge in [-0.15, -0.1) is 10.2 Å². The molecule has 1 N–H and O–H groups in total. The van der Waals surface area contributed by atoms with Gasteiger partial charge in [-0.2, -0.15) is 0 Å². The molecule has 1 atom stereocenters. The monoisotopic (exact) mass is 324 g/mol. The molecule has 2 aromatic rings. The summed E-state index contributed by atoms with van der Waals surface area (Å²) in [7, 11) is 0. The molecule has 1 aliphatic heterocycles. The van der Waals surface area contributed by atoms with E-state index in [4.69, 9.17) is 0 Å². The van der Waals surface area contributed by atoms with E-state index in [0.717, 1.165) is 19.5 Å². The SMILES string of the molecule is Cc1ccccc1CNc1ccc(C(=O)N2CCCC(C)C2)nn1. The second-order valence-electron chi connectivity index (χ2n) is 6.58. The Morgan fingerprint density at radius 1 is 1.25 bits per heavy atom. The van der Waals surface area contributed by atoms with Crippen LogP contribution < -0.4 is 5.32 Å². The van der Waals surface area contributed by atoms with Gasteiger partial charge in [-0.25, -0.2) is 0 Å². The molecular weight excluding hydrogens is 300 g/mol. The lowest BCUT2D eigenvalue weighted by Gasteiger charge is -2.30. The standard InChI is InChI=1S/C19H24N4O/c1-14-6-5-11-23(13-14)19(24)17-9-10-18(22-21-17)20-12-16-8-4-3-7-15(16)2/h3-4,7-10,14H,5-6,11-13H2,1-2H3,(H,20,22). The molecule has 24 heavy (non-hydrogen) atoms. The van der Waals surface area contributed by atoms with Gasteiger partial charge < -0.3 is 10.2 Å². The van der Waals surface area contributed by atoms with E-state index < -0.39 is 0 Å². The van der Waals surface area contributed by atoms with Crippen molar-refractivity contribution in [2.24, 2.45) is 5.92 Å². The maximum absolute atomic E-state index is 12.5. The zero-order chi connectivity index (χ0) is 16.9. The van der Waals surface area contributed by atoms with Crippen LogP contribution in [0.5, 0.6) is 0 Å². The van der Waals surface area contributed by atoms with Gasteiger partial charge in [0.1, 0.15) is 5.82 Å². The molecule has 126 valence electrons. The van der Waals surface area contributed by atoms with Crippen molar-refractivity contribution < 1.29 is 4.79 Å². The highest BCUT2D eigenvalue weighted by atomic mass is 16.2. The van der Waals surface area contributed by atoms with Crippen molar-refractivity contribution in [2.45, 2.75) is 33.2 Å². The average molecular weight is 324 g/mol. The van der Waals surface area contributed by atoms with E-state index >= 15 is 0 Å². The highest BCUT2D eigenvalue weighted by molar-refractivity contribution is 5.92. The number of hydrogen-bond acceptors (Lipinski definition) is 4. The second-order valence-corrected chi connectivity index (χ2v) is 6.58.